The van der Waals surface area contributed by atoms with Crippen molar-refractivity contribution in [3.63, 3.8) is 0 Å². The first-order valence-electron chi connectivity index (χ1n) is 8.35. The Morgan fingerprint density at radius 2 is 1.83 bits per heavy atom. The number of carbonyl (C=O) groups excluding carboxylic acids is 2. The third kappa shape index (κ3) is 3.58. The van der Waals surface area contributed by atoms with E-state index in [-0.39, 0.29) is 11.8 Å². The molecule has 0 spiro atoms. The Morgan fingerprint density at radius 3 is 2.50 bits per heavy atom. The maximum Gasteiger partial charge on any atom is 0.417 e. The maximum absolute atomic E-state index is 12.4. The van der Waals surface area contributed by atoms with Gasteiger partial charge in [0.25, 0.3) is 0 Å². The van der Waals surface area contributed by atoms with Crippen molar-refractivity contribution in [3.05, 3.63) is 48.0 Å². The summed E-state index contributed by atoms with van der Waals surface area (Å²) in [6, 6.07) is 14.5. The molecule has 1 atom stereocenters. The largest absolute Gasteiger partial charge is 0.443 e. The molecule has 3 rings (SSSR count). The van der Waals surface area contributed by atoms with Gasteiger partial charge in [-0.3, -0.25) is 4.79 Å². The van der Waals surface area contributed by atoms with E-state index in [1.807, 2.05) is 12.1 Å². The highest BCUT2D eigenvalue weighted by molar-refractivity contribution is 5.93. The number of hydrogen-bond donors (Lipinski definition) is 0. The molecule has 1 saturated heterocycles. The van der Waals surface area contributed by atoms with Gasteiger partial charge in [0.05, 0.1) is 0 Å². The Bertz CT molecular complexity index is 776. The summed E-state index contributed by atoms with van der Waals surface area (Å²) >= 11 is 0. The smallest absolute Gasteiger partial charge is 0.417 e. The third-order valence-corrected chi connectivity index (χ3v) is 4.28. The van der Waals surface area contributed by atoms with E-state index in [0.717, 1.165) is 12.0 Å². The second-order valence-electron chi connectivity index (χ2n) is 7.32. The van der Waals surface area contributed by atoms with Crippen LogP contribution in [0.2, 0.25) is 0 Å². The van der Waals surface area contributed by atoms with Gasteiger partial charge in [-0.05, 0) is 49.4 Å². The van der Waals surface area contributed by atoms with E-state index >= 15 is 0 Å². The van der Waals surface area contributed by atoms with Gasteiger partial charge in [0, 0.05) is 13.0 Å². The highest BCUT2D eigenvalue weighted by Gasteiger charge is 2.33. The maximum atomic E-state index is 12.4. The summed E-state index contributed by atoms with van der Waals surface area (Å²) in [5.41, 5.74) is 0.568. The molecule has 0 aromatic heterocycles. The van der Waals surface area contributed by atoms with E-state index in [0.29, 0.717) is 13.0 Å². The first-order valence-corrected chi connectivity index (χ1v) is 8.35. The Hall–Kier alpha value is -2.36. The molecule has 2 amide bonds. The van der Waals surface area contributed by atoms with Gasteiger partial charge >= 0.3 is 6.09 Å². The Morgan fingerprint density at radius 1 is 1.12 bits per heavy atom. The van der Waals surface area contributed by atoms with E-state index in [4.69, 9.17) is 4.74 Å². The molecule has 0 bridgehead atoms. The molecule has 2 aromatic carbocycles. The molecule has 0 aliphatic carbocycles. The Kier molecular flexibility index (Phi) is 4.31. The van der Waals surface area contributed by atoms with Crippen LogP contribution in [0.15, 0.2) is 42.5 Å². The second-order valence-corrected chi connectivity index (χ2v) is 7.32. The Labute approximate surface area is 142 Å². The van der Waals surface area contributed by atoms with Crippen LogP contribution in [0.5, 0.6) is 0 Å². The topological polar surface area (TPSA) is 46.6 Å². The predicted molar refractivity (Wildman–Crippen MR) is 93.9 cm³/mol. The van der Waals surface area contributed by atoms with Crippen molar-refractivity contribution in [1.29, 1.82) is 0 Å². The van der Waals surface area contributed by atoms with E-state index in [2.05, 4.69) is 30.3 Å². The van der Waals surface area contributed by atoms with Crippen molar-refractivity contribution < 1.29 is 14.3 Å². The molecule has 4 heteroatoms. The van der Waals surface area contributed by atoms with Gasteiger partial charge in [0.2, 0.25) is 5.91 Å². The fraction of sp³-hybridized carbons (Fsp3) is 0.400. The molecule has 4 nitrogen and oxygen atoms in total. The summed E-state index contributed by atoms with van der Waals surface area (Å²) in [6.45, 7) is 5.82. The number of carbonyl (C=O) groups is 2. The molecule has 2 aromatic rings. The van der Waals surface area contributed by atoms with Crippen molar-refractivity contribution in [1.82, 2.24) is 4.90 Å². The standard InChI is InChI=1S/C20H23NO3/c1-20(2,3)24-19(23)21-11-10-17(13-18(21)22)16-9-8-14-6-4-5-7-15(14)12-16/h4-9,12,17H,10-11,13H2,1-3H3/t17-/m1/s1. The number of imide groups is 1. The quantitative estimate of drug-likeness (QED) is 0.776. The highest BCUT2D eigenvalue weighted by atomic mass is 16.6. The van der Waals surface area contributed by atoms with E-state index in [1.165, 1.54) is 15.7 Å². The molecule has 1 heterocycles. The molecule has 0 saturated carbocycles. The zero-order valence-electron chi connectivity index (χ0n) is 14.4. The minimum absolute atomic E-state index is 0.154. The number of piperidine rings is 1. The monoisotopic (exact) mass is 325 g/mol. The number of hydrogen-bond acceptors (Lipinski definition) is 3. The summed E-state index contributed by atoms with van der Waals surface area (Å²) in [5.74, 6) is -0.00514. The van der Waals surface area contributed by atoms with Gasteiger partial charge in [-0.2, -0.15) is 0 Å². The molecule has 1 fully saturated rings. The number of likely N-dealkylation sites (tertiary alicyclic amines) is 1. The van der Waals surface area contributed by atoms with E-state index < -0.39 is 11.7 Å². The van der Waals surface area contributed by atoms with Gasteiger partial charge in [-0.1, -0.05) is 42.5 Å². The number of amides is 2. The van der Waals surface area contributed by atoms with Crippen LogP contribution in [-0.2, 0) is 9.53 Å². The van der Waals surface area contributed by atoms with Crippen LogP contribution in [0.4, 0.5) is 4.79 Å². The van der Waals surface area contributed by atoms with Crippen LogP contribution in [0.25, 0.3) is 10.8 Å². The average molecular weight is 325 g/mol. The molecule has 1 aliphatic heterocycles. The second kappa shape index (κ2) is 6.27. The van der Waals surface area contributed by atoms with Gasteiger partial charge < -0.3 is 4.74 Å². The number of benzene rings is 2. The van der Waals surface area contributed by atoms with E-state index in [1.54, 1.807) is 20.8 Å². The summed E-state index contributed by atoms with van der Waals surface area (Å²) in [5, 5.41) is 2.37. The van der Waals surface area contributed by atoms with Gasteiger partial charge in [0.15, 0.2) is 0 Å². The van der Waals surface area contributed by atoms with Crippen molar-refractivity contribution in [2.24, 2.45) is 0 Å². The summed E-state index contributed by atoms with van der Waals surface area (Å²) in [4.78, 5) is 25.8. The van der Waals surface area contributed by atoms with Crippen LogP contribution in [0.3, 0.4) is 0 Å². The molecule has 1 aliphatic rings. The Balaban J connectivity index is 1.72. The van der Waals surface area contributed by atoms with Crippen molar-refractivity contribution >= 4 is 22.8 Å². The molecule has 0 unspecified atom stereocenters. The molecule has 0 N–H and O–H groups in total. The van der Waals surface area contributed by atoms with Gasteiger partial charge in [-0.25, -0.2) is 9.69 Å². The van der Waals surface area contributed by atoms with Crippen LogP contribution < -0.4 is 0 Å². The fourth-order valence-electron chi connectivity index (χ4n) is 3.09. The first-order chi connectivity index (χ1) is 11.3. The molecular formula is C20H23NO3. The summed E-state index contributed by atoms with van der Waals surface area (Å²) in [7, 11) is 0. The molecule has 126 valence electrons. The van der Waals surface area contributed by atoms with Crippen molar-refractivity contribution in [3.8, 4) is 0 Å². The predicted octanol–water partition coefficient (Wildman–Crippen LogP) is 4.48. The number of ether oxygens (including phenoxy) is 1. The van der Waals surface area contributed by atoms with Gasteiger partial charge in [-0.15, -0.1) is 0 Å². The molecule has 24 heavy (non-hydrogen) atoms. The van der Waals surface area contributed by atoms with Crippen molar-refractivity contribution in [2.45, 2.75) is 45.1 Å². The lowest BCUT2D eigenvalue weighted by atomic mass is 9.88. The normalized spacial score (nSPS) is 18.7. The van der Waals surface area contributed by atoms with Crippen LogP contribution in [0.1, 0.15) is 45.1 Å². The molecule has 0 radical (unpaired) electrons. The lowest BCUT2D eigenvalue weighted by molar-refractivity contribution is -0.132. The van der Waals surface area contributed by atoms with Crippen LogP contribution in [-0.4, -0.2) is 29.0 Å². The number of nitrogens with zero attached hydrogens (tertiary/aromatic N) is 1. The third-order valence-electron chi connectivity index (χ3n) is 4.28. The van der Waals surface area contributed by atoms with Crippen molar-refractivity contribution in [2.75, 3.05) is 6.54 Å². The van der Waals surface area contributed by atoms with Crippen LogP contribution >= 0.6 is 0 Å². The average Bonchev–Trinajstić information content (AvgIpc) is 2.52. The minimum Gasteiger partial charge on any atom is -0.443 e. The molecular weight excluding hydrogens is 302 g/mol. The summed E-state index contributed by atoms with van der Waals surface area (Å²) < 4.78 is 5.31. The first kappa shape index (κ1) is 16.5. The highest BCUT2D eigenvalue weighted by Crippen LogP contribution is 2.31. The fourth-order valence-corrected chi connectivity index (χ4v) is 3.09. The van der Waals surface area contributed by atoms with E-state index in [9.17, 15) is 9.59 Å². The minimum atomic E-state index is -0.591. The zero-order valence-corrected chi connectivity index (χ0v) is 14.4. The number of rotatable bonds is 1. The number of fused-ring (bicyclic) bond motifs is 1. The lowest BCUT2D eigenvalue weighted by Crippen LogP contribution is -2.44. The van der Waals surface area contributed by atoms with Crippen LogP contribution in [0, 0.1) is 0 Å². The zero-order chi connectivity index (χ0) is 17.3. The van der Waals surface area contributed by atoms with Gasteiger partial charge in [0.1, 0.15) is 5.60 Å². The SMILES string of the molecule is CC(C)(C)OC(=O)N1CC[C@@H](c2ccc3ccccc3c2)CC1=O. The lowest BCUT2D eigenvalue weighted by Gasteiger charge is -2.32. The summed E-state index contributed by atoms with van der Waals surface area (Å²) in [6.07, 6.45) is 0.574.